The minimum absolute atomic E-state index is 1.03. The molecule has 2 nitrogen and oxygen atoms in total. The molecule has 2 aromatic carbocycles. The third-order valence-electron chi connectivity index (χ3n) is 4.95. The summed E-state index contributed by atoms with van der Waals surface area (Å²) in [5.41, 5.74) is 4.55. The molecule has 1 N–H and O–H groups in total. The van der Waals surface area contributed by atoms with E-state index in [-0.39, 0.29) is 0 Å². The Balaban J connectivity index is 1.55. The Kier molecular flexibility index (Phi) is 3.24. The summed E-state index contributed by atoms with van der Waals surface area (Å²) in [5, 5.41) is 10.7. The normalized spacial score (nSPS) is 11.7. The van der Waals surface area contributed by atoms with Gasteiger partial charge in [-0.2, -0.15) is 5.10 Å². The van der Waals surface area contributed by atoms with Crippen LogP contribution in [0.4, 0.5) is 0 Å². The fourth-order valence-electron chi connectivity index (χ4n) is 3.66. The van der Waals surface area contributed by atoms with Crippen molar-refractivity contribution in [3.8, 4) is 32.3 Å². The predicted octanol–water partition coefficient (Wildman–Crippen LogP) is 7.28. The minimum Gasteiger partial charge on any atom is -0.276 e. The van der Waals surface area contributed by atoms with Crippen LogP contribution >= 0.6 is 22.7 Å². The Morgan fingerprint density at radius 3 is 2.00 bits per heavy atom. The summed E-state index contributed by atoms with van der Waals surface area (Å²) >= 11 is 3.60. The van der Waals surface area contributed by atoms with Crippen LogP contribution in [0.15, 0.2) is 78.9 Å². The number of aromatic nitrogens is 2. The fourth-order valence-corrected chi connectivity index (χ4v) is 5.79. The number of rotatable bonds is 2. The van der Waals surface area contributed by atoms with Crippen molar-refractivity contribution in [1.29, 1.82) is 0 Å². The van der Waals surface area contributed by atoms with Gasteiger partial charge in [-0.1, -0.05) is 54.6 Å². The molecule has 1 aliphatic carbocycles. The summed E-state index contributed by atoms with van der Waals surface area (Å²) in [4.78, 5) is 2.43. The second-order valence-electron chi connectivity index (χ2n) is 6.60. The van der Waals surface area contributed by atoms with E-state index in [2.05, 4.69) is 84.0 Å². The standard InChI is InChI=1S/C23H14N2S2/c1-3-10-18-14(6-1)12-20(26-18)22-16-8-5-9-17(16)23(25-24-22)21-13-15-7-2-4-11-19(15)27-21/h1-13,24H. The van der Waals surface area contributed by atoms with Gasteiger partial charge >= 0.3 is 0 Å². The van der Waals surface area contributed by atoms with Crippen LogP contribution < -0.4 is 0 Å². The highest BCUT2D eigenvalue weighted by Crippen LogP contribution is 2.43. The van der Waals surface area contributed by atoms with Crippen molar-refractivity contribution in [3.05, 3.63) is 78.9 Å². The maximum Gasteiger partial charge on any atom is 0.108 e. The summed E-state index contributed by atoms with van der Waals surface area (Å²) in [7, 11) is 0. The largest absolute Gasteiger partial charge is 0.276 e. The van der Waals surface area contributed by atoms with Crippen molar-refractivity contribution in [2.24, 2.45) is 0 Å². The van der Waals surface area contributed by atoms with Crippen LogP contribution in [0.25, 0.3) is 52.4 Å². The molecule has 128 valence electrons. The average molecular weight is 383 g/mol. The molecular formula is C23H14N2S2. The molecule has 0 saturated heterocycles. The van der Waals surface area contributed by atoms with Gasteiger partial charge < -0.3 is 0 Å². The second kappa shape index (κ2) is 5.78. The zero-order valence-electron chi connectivity index (χ0n) is 14.3. The van der Waals surface area contributed by atoms with Gasteiger partial charge in [0.05, 0.1) is 15.4 Å². The minimum atomic E-state index is 1.03. The smallest absolute Gasteiger partial charge is 0.108 e. The van der Waals surface area contributed by atoms with E-state index >= 15 is 0 Å². The zero-order chi connectivity index (χ0) is 17.8. The molecule has 2 aliphatic rings. The summed E-state index contributed by atoms with van der Waals surface area (Å²) in [6.45, 7) is 0. The number of H-pyrrole nitrogens is 1. The van der Waals surface area contributed by atoms with Crippen molar-refractivity contribution in [1.82, 2.24) is 10.2 Å². The van der Waals surface area contributed by atoms with E-state index in [1.807, 2.05) is 0 Å². The number of fused-ring (bicyclic) bond motifs is 3. The van der Waals surface area contributed by atoms with E-state index in [4.69, 9.17) is 5.10 Å². The molecule has 0 fully saturated rings. The van der Waals surface area contributed by atoms with E-state index < -0.39 is 0 Å². The second-order valence-corrected chi connectivity index (χ2v) is 8.76. The number of benzene rings is 2. The Morgan fingerprint density at radius 1 is 0.630 bits per heavy atom. The molecule has 2 aromatic heterocycles. The van der Waals surface area contributed by atoms with Gasteiger partial charge in [-0.05, 0) is 35.0 Å². The predicted molar refractivity (Wildman–Crippen MR) is 117 cm³/mol. The van der Waals surface area contributed by atoms with Crippen LogP contribution in [0.3, 0.4) is 0 Å². The molecule has 6 rings (SSSR count). The summed E-state index contributed by atoms with van der Waals surface area (Å²) in [6.07, 6.45) is 0. The lowest BCUT2D eigenvalue weighted by atomic mass is 10.0. The number of nitrogens with one attached hydrogen (secondary N) is 1. The number of aromatic amines is 1. The lowest BCUT2D eigenvalue weighted by molar-refractivity contribution is 1.05. The van der Waals surface area contributed by atoms with Gasteiger partial charge in [0.25, 0.3) is 0 Å². The highest BCUT2D eigenvalue weighted by molar-refractivity contribution is 7.22. The lowest BCUT2D eigenvalue weighted by Gasteiger charge is -2.10. The van der Waals surface area contributed by atoms with E-state index in [1.165, 1.54) is 41.1 Å². The first-order valence-corrected chi connectivity index (χ1v) is 10.5. The SMILES string of the molecule is c1cc2c(-c3cc4ccccc4s3)n[nH]c(-c3cc4ccccc4s3)c-2c1. The molecule has 0 bridgehead atoms. The average Bonchev–Trinajstić information content (AvgIpc) is 3.43. The van der Waals surface area contributed by atoms with Crippen molar-refractivity contribution in [3.63, 3.8) is 0 Å². The van der Waals surface area contributed by atoms with Crippen molar-refractivity contribution in [2.45, 2.75) is 0 Å². The molecule has 0 spiro atoms. The van der Waals surface area contributed by atoms with E-state index in [9.17, 15) is 0 Å². The Labute approximate surface area is 164 Å². The highest BCUT2D eigenvalue weighted by atomic mass is 32.1. The third kappa shape index (κ3) is 2.34. The van der Waals surface area contributed by atoms with Crippen LogP contribution in [0.1, 0.15) is 0 Å². The van der Waals surface area contributed by atoms with Crippen LogP contribution in [0, 0.1) is 0 Å². The third-order valence-corrected chi connectivity index (χ3v) is 7.21. The number of hydrogen-bond donors (Lipinski definition) is 1. The summed E-state index contributed by atoms with van der Waals surface area (Å²) in [5.74, 6) is 0. The fraction of sp³-hybridized carbons (Fsp3) is 0. The van der Waals surface area contributed by atoms with Crippen LogP contribution in [0.5, 0.6) is 0 Å². The molecule has 4 heteroatoms. The first-order chi connectivity index (χ1) is 13.4. The van der Waals surface area contributed by atoms with Gasteiger partial charge in [-0.15, -0.1) is 22.7 Å². The Hall–Kier alpha value is -2.95. The molecule has 0 atom stereocenters. The molecule has 0 radical (unpaired) electrons. The molecule has 27 heavy (non-hydrogen) atoms. The highest BCUT2D eigenvalue weighted by Gasteiger charge is 2.19. The van der Waals surface area contributed by atoms with Crippen LogP contribution in [0.2, 0.25) is 0 Å². The molecule has 0 saturated carbocycles. The molecular weight excluding hydrogens is 368 g/mol. The van der Waals surface area contributed by atoms with Crippen LogP contribution in [-0.4, -0.2) is 10.2 Å². The van der Waals surface area contributed by atoms with E-state index in [1.54, 1.807) is 22.7 Å². The Morgan fingerprint density at radius 2 is 1.26 bits per heavy atom. The number of nitrogens with zero attached hydrogens (tertiary/aromatic N) is 1. The van der Waals surface area contributed by atoms with Crippen LogP contribution in [-0.2, 0) is 0 Å². The molecule has 4 aromatic rings. The first kappa shape index (κ1) is 15.1. The van der Waals surface area contributed by atoms with Gasteiger partial charge in [-0.3, -0.25) is 5.10 Å². The lowest BCUT2D eigenvalue weighted by Crippen LogP contribution is -1.94. The first-order valence-electron chi connectivity index (χ1n) is 8.82. The van der Waals surface area contributed by atoms with E-state index in [0.717, 1.165) is 11.4 Å². The van der Waals surface area contributed by atoms with Gasteiger partial charge in [0.15, 0.2) is 0 Å². The number of thiophene rings is 2. The van der Waals surface area contributed by atoms with Crippen molar-refractivity contribution >= 4 is 42.8 Å². The monoisotopic (exact) mass is 382 g/mol. The van der Waals surface area contributed by atoms with Gasteiger partial charge in [-0.25, -0.2) is 0 Å². The molecule has 1 aliphatic heterocycles. The molecule has 0 amide bonds. The zero-order valence-corrected chi connectivity index (χ0v) is 15.9. The molecule has 0 unspecified atom stereocenters. The van der Waals surface area contributed by atoms with Crippen molar-refractivity contribution in [2.75, 3.05) is 0 Å². The van der Waals surface area contributed by atoms with E-state index in [0.29, 0.717) is 0 Å². The maximum atomic E-state index is 4.78. The maximum absolute atomic E-state index is 4.78. The molecule has 3 heterocycles. The van der Waals surface area contributed by atoms with Gasteiger partial charge in [0.1, 0.15) is 5.69 Å². The summed E-state index contributed by atoms with van der Waals surface area (Å²) < 4.78 is 2.59. The number of hydrogen-bond acceptors (Lipinski definition) is 3. The van der Waals surface area contributed by atoms with Gasteiger partial charge in [0, 0.05) is 20.5 Å². The topological polar surface area (TPSA) is 28.7 Å². The van der Waals surface area contributed by atoms with Crippen molar-refractivity contribution < 1.29 is 0 Å². The quantitative estimate of drug-likeness (QED) is 0.335. The Bertz CT molecular complexity index is 1210. The summed E-state index contributed by atoms with van der Waals surface area (Å²) in [6, 6.07) is 28.0. The van der Waals surface area contributed by atoms with Gasteiger partial charge in [0.2, 0.25) is 0 Å².